The summed E-state index contributed by atoms with van der Waals surface area (Å²) in [5.41, 5.74) is 1.98. The van der Waals surface area contributed by atoms with Crippen LogP contribution < -0.4 is 10.6 Å². The molecule has 7 heteroatoms. The smallest absolute Gasteiger partial charge is 0.322 e. The van der Waals surface area contributed by atoms with Gasteiger partial charge in [0.15, 0.2) is 0 Å². The number of benzene rings is 2. The summed E-state index contributed by atoms with van der Waals surface area (Å²) in [7, 11) is 0. The van der Waals surface area contributed by atoms with Crippen molar-refractivity contribution in [2.24, 2.45) is 0 Å². The predicted molar refractivity (Wildman–Crippen MR) is 116 cm³/mol. The van der Waals surface area contributed by atoms with E-state index >= 15 is 0 Å². The fraction of sp³-hybridized carbons (Fsp3) is 0.261. The highest BCUT2D eigenvalue weighted by atomic mass is 16.2. The van der Waals surface area contributed by atoms with Crippen LogP contribution in [0.1, 0.15) is 11.1 Å². The van der Waals surface area contributed by atoms with Gasteiger partial charge in [0.1, 0.15) is 6.04 Å². The molecule has 30 heavy (non-hydrogen) atoms. The van der Waals surface area contributed by atoms with Crippen molar-refractivity contribution in [2.45, 2.75) is 12.6 Å². The van der Waals surface area contributed by atoms with Crippen molar-refractivity contribution in [1.82, 2.24) is 15.1 Å². The van der Waals surface area contributed by atoms with Gasteiger partial charge in [-0.1, -0.05) is 42.5 Å². The highest BCUT2D eigenvalue weighted by Crippen LogP contribution is 2.15. The molecule has 0 bridgehead atoms. The summed E-state index contributed by atoms with van der Waals surface area (Å²) in [5, 5.41) is 14.8. The second-order valence-corrected chi connectivity index (χ2v) is 7.08. The van der Waals surface area contributed by atoms with E-state index < -0.39 is 6.04 Å². The number of amides is 3. The first-order chi connectivity index (χ1) is 14.6. The molecule has 2 N–H and O–H groups in total. The first kappa shape index (κ1) is 21.1. The molecule has 0 aliphatic carbocycles. The summed E-state index contributed by atoms with van der Waals surface area (Å²) >= 11 is 0. The molecule has 1 unspecified atom stereocenters. The van der Waals surface area contributed by atoms with E-state index in [9.17, 15) is 9.59 Å². The zero-order valence-corrected chi connectivity index (χ0v) is 16.8. The minimum Gasteiger partial charge on any atom is -0.350 e. The average molecular weight is 403 g/mol. The van der Waals surface area contributed by atoms with E-state index in [2.05, 4.69) is 28.2 Å². The van der Waals surface area contributed by atoms with Crippen molar-refractivity contribution in [2.75, 3.05) is 31.5 Å². The molecule has 2 aromatic rings. The number of nitriles is 1. The third-order valence-electron chi connectivity index (χ3n) is 4.97. The maximum Gasteiger partial charge on any atom is 0.322 e. The molecule has 1 atom stereocenters. The fourth-order valence-electron chi connectivity index (χ4n) is 3.42. The summed E-state index contributed by atoms with van der Waals surface area (Å²) in [4.78, 5) is 29.5. The van der Waals surface area contributed by atoms with E-state index in [-0.39, 0.29) is 11.9 Å². The van der Waals surface area contributed by atoms with Crippen molar-refractivity contribution < 1.29 is 9.59 Å². The van der Waals surface area contributed by atoms with Crippen molar-refractivity contribution in [3.63, 3.8) is 0 Å². The number of nitrogens with zero attached hydrogens (tertiary/aromatic N) is 3. The monoisotopic (exact) mass is 403 g/mol. The third kappa shape index (κ3) is 5.46. The number of hydrogen-bond donors (Lipinski definition) is 2. The molecular weight excluding hydrogens is 378 g/mol. The zero-order chi connectivity index (χ0) is 21.3. The largest absolute Gasteiger partial charge is 0.350 e. The molecule has 154 valence electrons. The van der Waals surface area contributed by atoms with Crippen LogP contribution in [0, 0.1) is 11.3 Å². The lowest BCUT2D eigenvalue weighted by Gasteiger charge is -2.40. The van der Waals surface area contributed by atoms with E-state index in [4.69, 9.17) is 5.26 Å². The standard InChI is InChI=1S/C23H25N5O2/c1-2-11-27-12-13-28(23(30)26-20-10-6-9-19(14-20)15-24)21(17-27)22(29)25-16-18-7-4-3-5-8-18/h2-10,14,21H,1,11-13,16-17H2,(H,25,29)(H,26,30). The summed E-state index contributed by atoms with van der Waals surface area (Å²) in [5.74, 6) is -0.200. The quantitative estimate of drug-likeness (QED) is 0.726. The number of rotatable bonds is 6. The Kier molecular flexibility index (Phi) is 7.19. The highest BCUT2D eigenvalue weighted by Gasteiger charge is 2.35. The second kappa shape index (κ2) is 10.2. The molecule has 3 amide bonds. The number of nitrogens with one attached hydrogen (secondary N) is 2. The van der Waals surface area contributed by atoms with Gasteiger partial charge in [0.05, 0.1) is 11.6 Å². The molecule has 7 nitrogen and oxygen atoms in total. The van der Waals surface area contributed by atoms with Gasteiger partial charge in [-0.15, -0.1) is 6.58 Å². The van der Waals surface area contributed by atoms with Crippen LogP contribution in [-0.4, -0.2) is 54.0 Å². The lowest BCUT2D eigenvalue weighted by Crippen LogP contribution is -2.61. The maximum absolute atomic E-state index is 13.0. The van der Waals surface area contributed by atoms with Crippen LogP contribution in [0.3, 0.4) is 0 Å². The van der Waals surface area contributed by atoms with Gasteiger partial charge < -0.3 is 15.5 Å². The van der Waals surface area contributed by atoms with E-state index in [0.29, 0.717) is 44.0 Å². The fourth-order valence-corrected chi connectivity index (χ4v) is 3.42. The van der Waals surface area contributed by atoms with Gasteiger partial charge in [-0.2, -0.15) is 5.26 Å². The molecule has 1 aliphatic rings. The SMILES string of the molecule is C=CCN1CCN(C(=O)Nc2cccc(C#N)c2)C(C(=O)NCc2ccccc2)C1. The molecular formula is C23H25N5O2. The van der Waals surface area contributed by atoms with Crippen LogP contribution in [0.2, 0.25) is 0 Å². The van der Waals surface area contributed by atoms with Gasteiger partial charge in [-0.25, -0.2) is 4.79 Å². The molecule has 1 aliphatic heterocycles. The molecule has 1 fully saturated rings. The average Bonchev–Trinajstić information content (AvgIpc) is 2.78. The Balaban J connectivity index is 1.71. The van der Waals surface area contributed by atoms with Crippen LogP contribution >= 0.6 is 0 Å². The van der Waals surface area contributed by atoms with E-state index in [1.165, 1.54) is 0 Å². The third-order valence-corrected chi connectivity index (χ3v) is 4.97. The molecule has 3 rings (SSSR count). The van der Waals surface area contributed by atoms with Gasteiger partial charge in [-0.3, -0.25) is 9.69 Å². The lowest BCUT2D eigenvalue weighted by molar-refractivity contribution is -0.127. The number of carbonyl (C=O) groups is 2. The van der Waals surface area contributed by atoms with Gasteiger partial charge in [0, 0.05) is 38.4 Å². The highest BCUT2D eigenvalue weighted by molar-refractivity contribution is 5.94. The van der Waals surface area contributed by atoms with Gasteiger partial charge in [0.2, 0.25) is 5.91 Å². The minimum atomic E-state index is -0.624. The van der Waals surface area contributed by atoms with Crippen LogP contribution in [-0.2, 0) is 11.3 Å². The Morgan fingerprint density at radius 1 is 1.17 bits per heavy atom. The van der Waals surface area contributed by atoms with E-state index in [0.717, 1.165) is 5.56 Å². The molecule has 0 radical (unpaired) electrons. The summed E-state index contributed by atoms with van der Waals surface area (Å²) < 4.78 is 0. The van der Waals surface area contributed by atoms with Crippen molar-refractivity contribution >= 4 is 17.6 Å². The number of piperazine rings is 1. The molecule has 0 spiro atoms. The number of carbonyl (C=O) groups excluding carboxylic acids is 2. The molecule has 0 saturated carbocycles. The normalized spacial score (nSPS) is 16.4. The Labute approximate surface area is 176 Å². The summed E-state index contributed by atoms with van der Waals surface area (Å²) in [6.45, 7) is 6.32. The topological polar surface area (TPSA) is 88.5 Å². The Hall–Kier alpha value is -3.63. The van der Waals surface area contributed by atoms with Crippen molar-refractivity contribution in [3.8, 4) is 6.07 Å². The molecule has 1 heterocycles. The molecule has 1 saturated heterocycles. The van der Waals surface area contributed by atoms with Crippen LogP contribution in [0.5, 0.6) is 0 Å². The van der Waals surface area contributed by atoms with Crippen LogP contribution in [0.25, 0.3) is 0 Å². The molecule has 0 aromatic heterocycles. The number of hydrogen-bond acceptors (Lipinski definition) is 4. The maximum atomic E-state index is 13.0. The number of urea groups is 1. The first-order valence-corrected chi connectivity index (χ1v) is 9.83. The van der Waals surface area contributed by atoms with Crippen molar-refractivity contribution in [3.05, 3.63) is 78.4 Å². The van der Waals surface area contributed by atoms with Crippen LogP contribution in [0.15, 0.2) is 67.3 Å². The minimum absolute atomic E-state index is 0.200. The van der Waals surface area contributed by atoms with Crippen LogP contribution in [0.4, 0.5) is 10.5 Å². The second-order valence-electron chi connectivity index (χ2n) is 7.08. The van der Waals surface area contributed by atoms with Crippen molar-refractivity contribution in [1.29, 1.82) is 5.26 Å². The Morgan fingerprint density at radius 2 is 1.97 bits per heavy atom. The Bertz CT molecular complexity index is 938. The summed E-state index contributed by atoms with van der Waals surface area (Å²) in [6.07, 6.45) is 1.79. The predicted octanol–water partition coefficient (Wildman–Crippen LogP) is 2.58. The first-order valence-electron chi connectivity index (χ1n) is 9.83. The van der Waals surface area contributed by atoms with Gasteiger partial charge in [0.25, 0.3) is 0 Å². The molecule has 2 aromatic carbocycles. The Morgan fingerprint density at radius 3 is 2.70 bits per heavy atom. The summed E-state index contributed by atoms with van der Waals surface area (Å²) in [6, 6.07) is 17.4. The van der Waals surface area contributed by atoms with E-state index in [1.54, 1.807) is 35.2 Å². The van der Waals surface area contributed by atoms with Gasteiger partial charge in [-0.05, 0) is 23.8 Å². The lowest BCUT2D eigenvalue weighted by atomic mass is 10.1. The van der Waals surface area contributed by atoms with E-state index in [1.807, 2.05) is 30.3 Å². The number of anilines is 1. The zero-order valence-electron chi connectivity index (χ0n) is 16.8. The van der Waals surface area contributed by atoms with Gasteiger partial charge >= 0.3 is 6.03 Å².